The topological polar surface area (TPSA) is 36.9 Å². The Labute approximate surface area is 101 Å². The van der Waals surface area contributed by atoms with Crippen LogP contribution in [0.25, 0.3) is 0 Å². The highest BCUT2D eigenvalue weighted by atomic mass is 31.2. The molecule has 0 heterocycles. The summed E-state index contributed by atoms with van der Waals surface area (Å²) in [6.45, 7) is 14.1. The maximum Gasteiger partial charge on any atom is 0.209 e. The lowest BCUT2D eigenvalue weighted by molar-refractivity contribution is 0.264. The van der Waals surface area contributed by atoms with Gasteiger partial charge in [0.15, 0.2) is 0 Å². The van der Waals surface area contributed by atoms with E-state index in [2.05, 4.69) is 6.58 Å². The summed E-state index contributed by atoms with van der Waals surface area (Å²) in [5.41, 5.74) is 0. The third-order valence-corrected chi connectivity index (χ3v) is 5.20. The second kappa shape index (κ2) is 10.6. The summed E-state index contributed by atoms with van der Waals surface area (Å²) in [5, 5.41) is 0.803. The lowest BCUT2D eigenvalue weighted by atomic mass is 10.9. The molecule has 0 rings (SSSR count). The van der Waals surface area contributed by atoms with Crippen LogP contribution in [0, 0.1) is 0 Å². The van der Waals surface area contributed by atoms with Gasteiger partial charge in [-0.3, -0.25) is 0 Å². The van der Waals surface area contributed by atoms with Crippen molar-refractivity contribution in [1.82, 2.24) is 0 Å². The molecule has 0 aromatic heterocycles. The highest BCUT2D eigenvalue weighted by Gasteiger charge is 2.25. The molecule has 0 aromatic rings. The van der Waals surface area contributed by atoms with E-state index in [0.717, 1.165) is 5.06 Å². The van der Waals surface area contributed by atoms with Gasteiger partial charge in [0, 0.05) is 0 Å². The zero-order chi connectivity index (χ0) is 12.4. The van der Waals surface area contributed by atoms with Crippen molar-refractivity contribution in [3.63, 3.8) is 0 Å². The molecule has 6 heteroatoms. The molecule has 16 heavy (non-hydrogen) atoms. The van der Waals surface area contributed by atoms with Crippen LogP contribution in [0.5, 0.6) is 0 Å². The van der Waals surface area contributed by atoms with Crippen LogP contribution in [0.1, 0.15) is 27.7 Å². The summed E-state index contributed by atoms with van der Waals surface area (Å²) in [4.78, 5) is 0. The van der Waals surface area contributed by atoms with E-state index in [0.29, 0.717) is 26.4 Å². The van der Waals surface area contributed by atoms with Gasteiger partial charge in [0.2, 0.25) is 16.8 Å². The minimum Gasteiger partial charge on any atom is -0.331 e. The van der Waals surface area contributed by atoms with E-state index in [9.17, 15) is 0 Å². The summed E-state index contributed by atoms with van der Waals surface area (Å²) in [5.74, 6) is 0. The van der Waals surface area contributed by atoms with Crippen LogP contribution in [-0.2, 0) is 18.1 Å². The zero-order valence-electron chi connectivity index (χ0n) is 10.6. The molecular formula is C10H22O4P2. The van der Waals surface area contributed by atoms with Crippen molar-refractivity contribution in [2.45, 2.75) is 27.7 Å². The summed E-state index contributed by atoms with van der Waals surface area (Å²) in [6.07, 6.45) is 0. The molecule has 0 aromatic carbocycles. The Balaban J connectivity index is 4.38. The van der Waals surface area contributed by atoms with Crippen molar-refractivity contribution >= 4 is 16.8 Å². The Morgan fingerprint density at radius 2 is 1.00 bits per heavy atom. The SMILES string of the molecule is C=C(P(OCC)OCC)P(OCC)OCC. The molecule has 0 saturated heterocycles. The van der Waals surface area contributed by atoms with Gasteiger partial charge in [0.05, 0.1) is 31.5 Å². The minimum atomic E-state index is -1.10. The van der Waals surface area contributed by atoms with Crippen molar-refractivity contribution in [2.75, 3.05) is 26.4 Å². The second-order valence-electron chi connectivity index (χ2n) is 2.60. The fourth-order valence-electron chi connectivity index (χ4n) is 0.908. The average molecular weight is 268 g/mol. The van der Waals surface area contributed by atoms with E-state index in [1.165, 1.54) is 0 Å². The van der Waals surface area contributed by atoms with Crippen molar-refractivity contribution in [2.24, 2.45) is 0 Å². The Morgan fingerprint density at radius 3 is 1.19 bits per heavy atom. The first-order valence-electron chi connectivity index (χ1n) is 5.51. The van der Waals surface area contributed by atoms with Crippen LogP contribution < -0.4 is 0 Å². The standard InChI is InChI=1S/C10H22O4P2/c1-6-11-15(12-7-2)10(5)16(13-8-3)14-9-4/h5-9H2,1-4H3. The van der Waals surface area contributed by atoms with Gasteiger partial charge in [-0.25, -0.2) is 0 Å². The minimum absolute atomic E-state index is 0.603. The lowest BCUT2D eigenvalue weighted by Gasteiger charge is -2.23. The predicted octanol–water partition coefficient (Wildman–Crippen LogP) is 4.23. The van der Waals surface area contributed by atoms with Gasteiger partial charge < -0.3 is 18.1 Å². The van der Waals surface area contributed by atoms with Crippen LogP contribution in [0.2, 0.25) is 0 Å². The molecule has 4 nitrogen and oxygen atoms in total. The van der Waals surface area contributed by atoms with E-state index in [1.54, 1.807) is 0 Å². The van der Waals surface area contributed by atoms with Gasteiger partial charge in [-0.05, 0) is 27.7 Å². The molecule has 0 bridgehead atoms. The molecule has 0 aliphatic heterocycles. The molecular weight excluding hydrogens is 246 g/mol. The molecule has 0 atom stereocenters. The van der Waals surface area contributed by atoms with Gasteiger partial charge in [0.25, 0.3) is 0 Å². The molecule has 0 amide bonds. The molecule has 0 unspecified atom stereocenters. The predicted molar refractivity (Wildman–Crippen MR) is 69.5 cm³/mol. The molecule has 0 saturated carbocycles. The first-order chi connectivity index (χ1) is 7.71. The molecule has 96 valence electrons. The van der Waals surface area contributed by atoms with E-state index in [-0.39, 0.29) is 0 Å². The van der Waals surface area contributed by atoms with Crippen LogP contribution in [0.4, 0.5) is 0 Å². The Hall–Kier alpha value is 0.440. The van der Waals surface area contributed by atoms with E-state index >= 15 is 0 Å². The van der Waals surface area contributed by atoms with Gasteiger partial charge in [0.1, 0.15) is 0 Å². The molecule has 0 N–H and O–H groups in total. The normalized spacial score (nSPS) is 11.4. The van der Waals surface area contributed by atoms with Crippen LogP contribution in [0.3, 0.4) is 0 Å². The quantitative estimate of drug-likeness (QED) is 0.556. The maximum atomic E-state index is 5.52. The van der Waals surface area contributed by atoms with Crippen LogP contribution in [0.15, 0.2) is 11.6 Å². The molecule has 0 aliphatic carbocycles. The van der Waals surface area contributed by atoms with Crippen LogP contribution in [-0.4, -0.2) is 26.4 Å². The highest BCUT2D eigenvalue weighted by molar-refractivity contribution is 7.72. The number of hydrogen-bond donors (Lipinski definition) is 0. The van der Waals surface area contributed by atoms with E-state index in [4.69, 9.17) is 18.1 Å². The lowest BCUT2D eigenvalue weighted by Crippen LogP contribution is -1.97. The van der Waals surface area contributed by atoms with Crippen LogP contribution >= 0.6 is 16.8 Å². The highest BCUT2D eigenvalue weighted by Crippen LogP contribution is 2.63. The molecule has 0 radical (unpaired) electrons. The van der Waals surface area contributed by atoms with Crippen molar-refractivity contribution in [1.29, 1.82) is 0 Å². The van der Waals surface area contributed by atoms with Gasteiger partial charge in [-0.15, -0.1) is 0 Å². The summed E-state index contributed by atoms with van der Waals surface area (Å²) >= 11 is 0. The molecule has 0 fully saturated rings. The number of hydrogen-bond acceptors (Lipinski definition) is 4. The Bertz CT molecular complexity index is 160. The van der Waals surface area contributed by atoms with Gasteiger partial charge >= 0.3 is 0 Å². The molecule has 0 spiro atoms. The van der Waals surface area contributed by atoms with Crippen molar-refractivity contribution in [3.8, 4) is 0 Å². The fraction of sp³-hybridized carbons (Fsp3) is 0.800. The van der Waals surface area contributed by atoms with Crippen molar-refractivity contribution < 1.29 is 18.1 Å². The van der Waals surface area contributed by atoms with Gasteiger partial charge in [-0.1, -0.05) is 6.58 Å². The Kier molecular flexibility index (Phi) is 10.9. The number of rotatable bonds is 10. The maximum absolute atomic E-state index is 5.52. The van der Waals surface area contributed by atoms with E-state index in [1.807, 2.05) is 27.7 Å². The third-order valence-electron chi connectivity index (χ3n) is 1.41. The Morgan fingerprint density at radius 1 is 0.750 bits per heavy atom. The summed E-state index contributed by atoms with van der Waals surface area (Å²) < 4.78 is 22.1. The third kappa shape index (κ3) is 6.24. The summed E-state index contributed by atoms with van der Waals surface area (Å²) in [6, 6.07) is 0. The first-order valence-corrected chi connectivity index (χ1v) is 7.87. The van der Waals surface area contributed by atoms with Gasteiger partial charge in [-0.2, -0.15) is 0 Å². The largest absolute Gasteiger partial charge is 0.331 e. The van der Waals surface area contributed by atoms with E-state index < -0.39 is 16.8 Å². The average Bonchev–Trinajstić information content (AvgIpc) is 2.27. The monoisotopic (exact) mass is 268 g/mol. The smallest absolute Gasteiger partial charge is 0.209 e. The molecule has 0 aliphatic rings. The first kappa shape index (κ1) is 16.4. The zero-order valence-corrected chi connectivity index (χ0v) is 12.4. The fourth-order valence-corrected chi connectivity index (χ4v) is 3.82. The summed E-state index contributed by atoms with van der Waals surface area (Å²) in [7, 11) is -2.20. The second-order valence-corrected chi connectivity index (χ2v) is 6.10. The van der Waals surface area contributed by atoms with Crippen molar-refractivity contribution in [3.05, 3.63) is 11.6 Å².